The van der Waals surface area contributed by atoms with Crippen molar-refractivity contribution in [3.05, 3.63) is 23.5 Å². The first kappa shape index (κ1) is 12.1. The number of nitrogens with two attached hydrogens (primary N) is 1. The highest BCUT2D eigenvalue weighted by Crippen LogP contribution is 2.27. The Morgan fingerprint density at radius 1 is 1.44 bits per heavy atom. The van der Waals surface area contributed by atoms with Crippen LogP contribution in [0.3, 0.4) is 0 Å². The maximum absolute atomic E-state index is 6.20. The van der Waals surface area contributed by atoms with Gasteiger partial charge < -0.3 is 10.3 Å². The highest BCUT2D eigenvalue weighted by atomic mass is 32.2. The standard InChI is InChI=1S/C13H22N2S/c1-2-16-8-7-15-9-11-5-3-4-6-13(14)12(11)10-15/h9-10,13H,2-8,14H2,1H3. The van der Waals surface area contributed by atoms with Crippen molar-refractivity contribution in [3.8, 4) is 0 Å². The van der Waals surface area contributed by atoms with Crippen molar-refractivity contribution in [1.29, 1.82) is 0 Å². The van der Waals surface area contributed by atoms with Gasteiger partial charge in [-0.05, 0) is 36.1 Å². The number of aromatic nitrogens is 1. The van der Waals surface area contributed by atoms with Gasteiger partial charge in [0.25, 0.3) is 0 Å². The molecule has 0 fully saturated rings. The number of rotatable bonds is 4. The monoisotopic (exact) mass is 238 g/mol. The topological polar surface area (TPSA) is 30.9 Å². The summed E-state index contributed by atoms with van der Waals surface area (Å²) in [5.74, 6) is 2.42. The van der Waals surface area contributed by atoms with Crippen LogP contribution in [0.5, 0.6) is 0 Å². The zero-order valence-electron chi connectivity index (χ0n) is 10.1. The summed E-state index contributed by atoms with van der Waals surface area (Å²) in [6, 6.07) is 0.276. The summed E-state index contributed by atoms with van der Waals surface area (Å²) in [5.41, 5.74) is 9.09. The van der Waals surface area contributed by atoms with Crippen LogP contribution in [0.4, 0.5) is 0 Å². The van der Waals surface area contributed by atoms with E-state index in [1.165, 1.54) is 41.9 Å². The first-order valence-electron chi connectivity index (χ1n) is 6.33. The van der Waals surface area contributed by atoms with Gasteiger partial charge in [0, 0.05) is 30.7 Å². The molecule has 3 heteroatoms. The van der Waals surface area contributed by atoms with Gasteiger partial charge in [0.1, 0.15) is 0 Å². The smallest absolute Gasteiger partial charge is 0.0312 e. The molecule has 0 spiro atoms. The number of hydrogen-bond donors (Lipinski definition) is 1. The van der Waals surface area contributed by atoms with Gasteiger partial charge in [-0.1, -0.05) is 13.3 Å². The summed E-state index contributed by atoms with van der Waals surface area (Å²) >= 11 is 2.00. The van der Waals surface area contributed by atoms with E-state index in [-0.39, 0.29) is 6.04 Å². The summed E-state index contributed by atoms with van der Waals surface area (Å²) in [5, 5.41) is 0. The molecular weight excluding hydrogens is 216 g/mol. The van der Waals surface area contributed by atoms with Crippen molar-refractivity contribution < 1.29 is 0 Å². The van der Waals surface area contributed by atoms with Gasteiger partial charge in [-0.3, -0.25) is 0 Å². The minimum Gasteiger partial charge on any atom is -0.353 e. The van der Waals surface area contributed by atoms with Crippen LogP contribution >= 0.6 is 11.8 Å². The molecule has 0 aliphatic heterocycles. The van der Waals surface area contributed by atoms with Crippen molar-refractivity contribution >= 4 is 11.8 Å². The largest absolute Gasteiger partial charge is 0.353 e. The first-order chi connectivity index (χ1) is 7.81. The van der Waals surface area contributed by atoms with Gasteiger partial charge >= 0.3 is 0 Å². The molecule has 1 atom stereocenters. The molecule has 90 valence electrons. The van der Waals surface area contributed by atoms with E-state index in [1.807, 2.05) is 11.8 Å². The molecule has 1 aliphatic rings. The Labute approximate surface area is 103 Å². The second-order valence-corrected chi connectivity index (χ2v) is 5.92. The Hall–Kier alpha value is -0.410. The van der Waals surface area contributed by atoms with Crippen LogP contribution in [-0.2, 0) is 13.0 Å². The first-order valence-corrected chi connectivity index (χ1v) is 7.48. The predicted molar refractivity (Wildman–Crippen MR) is 71.9 cm³/mol. The lowest BCUT2D eigenvalue weighted by Crippen LogP contribution is -2.09. The molecule has 2 rings (SSSR count). The van der Waals surface area contributed by atoms with E-state index in [1.54, 1.807) is 0 Å². The molecular formula is C13H22N2S. The summed E-state index contributed by atoms with van der Waals surface area (Å²) in [4.78, 5) is 0. The molecule has 0 bridgehead atoms. The average Bonchev–Trinajstić information content (AvgIpc) is 2.61. The van der Waals surface area contributed by atoms with E-state index in [4.69, 9.17) is 5.73 Å². The highest BCUT2D eigenvalue weighted by Gasteiger charge is 2.16. The fraction of sp³-hybridized carbons (Fsp3) is 0.692. The third kappa shape index (κ3) is 2.83. The van der Waals surface area contributed by atoms with Gasteiger partial charge in [0.05, 0.1) is 0 Å². The van der Waals surface area contributed by atoms with E-state index in [0.717, 1.165) is 13.0 Å². The number of nitrogens with zero attached hydrogens (tertiary/aromatic N) is 1. The van der Waals surface area contributed by atoms with Crippen LogP contribution in [0.1, 0.15) is 43.4 Å². The molecule has 0 saturated heterocycles. The van der Waals surface area contributed by atoms with Crippen LogP contribution in [0.2, 0.25) is 0 Å². The number of aryl methyl sites for hydroxylation is 2. The highest BCUT2D eigenvalue weighted by molar-refractivity contribution is 7.99. The summed E-state index contributed by atoms with van der Waals surface area (Å²) < 4.78 is 2.33. The predicted octanol–water partition coefficient (Wildman–Crippen LogP) is 2.97. The Balaban J connectivity index is 2.04. The molecule has 0 saturated carbocycles. The molecule has 1 heterocycles. The van der Waals surface area contributed by atoms with Crippen molar-refractivity contribution in [2.45, 2.75) is 45.2 Å². The minimum absolute atomic E-state index is 0.276. The Bertz CT molecular complexity index is 333. The zero-order chi connectivity index (χ0) is 11.4. The molecule has 16 heavy (non-hydrogen) atoms. The molecule has 1 unspecified atom stereocenters. The molecule has 1 aliphatic carbocycles. The zero-order valence-corrected chi connectivity index (χ0v) is 10.9. The number of fused-ring (bicyclic) bond motifs is 1. The SMILES string of the molecule is CCSCCn1cc2c(c1)C(N)CCCC2. The van der Waals surface area contributed by atoms with Gasteiger partial charge in [-0.2, -0.15) is 11.8 Å². The third-order valence-electron chi connectivity index (χ3n) is 3.31. The Kier molecular flexibility index (Phi) is 4.36. The lowest BCUT2D eigenvalue weighted by atomic mass is 10.1. The molecule has 2 N–H and O–H groups in total. The van der Waals surface area contributed by atoms with E-state index < -0.39 is 0 Å². The Morgan fingerprint density at radius 2 is 2.31 bits per heavy atom. The Morgan fingerprint density at radius 3 is 3.12 bits per heavy atom. The molecule has 0 radical (unpaired) electrons. The van der Waals surface area contributed by atoms with Crippen LogP contribution in [0, 0.1) is 0 Å². The van der Waals surface area contributed by atoms with Crippen LogP contribution in [-0.4, -0.2) is 16.1 Å². The second-order valence-electron chi connectivity index (χ2n) is 4.53. The van der Waals surface area contributed by atoms with Crippen LogP contribution in [0.25, 0.3) is 0 Å². The van der Waals surface area contributed by atoms with E-state index in [2.05, 4.69) is 23.9 Å². The fourth-order valence-electron chi connectivity index (χ4n) is 2.39. The van der Waals surface area contributed by atoms with E-state index in [0.29, 0.717) is 0 Å². The molecule has 0 aromatic carbocycles. The minimum atomic E-state index is 0.276. The maximum atomic E-state index is 6.20. The average molecular weight is 238 g/mol. The van der Waals surface area contributed by atoms with Crippen molar-refractivity contribution in [2.75, 3.05) is 11.5 Å². The lowest BCUT2D eigenvalue weighted by Gasteiger charge is -2.07. The molecule has 2 nitrogen and oxygen atoms in total. The van der Waals surface area contributed by atoms with Gasteiger partial charge in [-0.25, -0.2) is 0 Å². The van der Waals surface area contributed by atoms with Gasteiger partial charge in [-0.15, -0.1) is 0 Å². The van der Waals surface area contributed by atoms with Crippen molar-refractivity contribution in [3.63, 3.8) is 0 Å². The van der Waals surface area contributed by atoms with Gasteiger partial charge in [0.15, 0.2) is 0 Å². The van der Waals surface area contributed by atoms with E-state index in [9.17, 15) is 0 Å². The summed E-state index contributed by atoms with van der Waals surface area (Å²) in [6.45, 7) is 3.34. The summed E-state index contributed by atoms with van der Waals surface area (Å²) in [6.07, 6.45) is 9.55. The number of hydrogen-bond acceptors (Lipinski definition) is 2. The molecule has 1 aromatic heterocycles. The normalized spacial score (nSPS) is 20.5. The molecule has 1 aromatic rings. The fourth-order valence-corrected chi connectivity index (χ4v) is 3.02. The van der Waals surface area contributed by atoms with Gasteiger partial charge in [0.2, 0.25) is 0 Å². The third-order valence-corrected chi connectivity index (χ3v) is 4.19. The van der Waals surface area contributed by atoms with Crippen LogP contribution in [0.15, 0.2) is 12.4 Å². The van der Waals surface area contributed by atoms with E-state index >= 15 is 0 Å². The van der Waals surface area contributed by atoms with Crippen LogP contribution < -0.4 is 5.73 Å². The second kappa shape index (κ2) is 5.78. The van der Waals surface area contributed by atoms with Crippen molar-refractivity contribution in [2.24, 2.45) is 5.73 Å². The maximum Gasteiger partial charge on any atom is 0.0312 e. The lowest BCUT2D eigenvalue weighted by molar-refractivity contribution is 0.609. The van der Waals surface area contributed by atoms with Crippen molar-refractivity contribution in [1.82, 2.24) is 4.57 Å². The quantitative estimate of drug-likeness (QED) is 0.646. The molecule has 0 amide bonds. The number of thioether (sulfide) groups is 1. The summed E-state index contributed by atoms with van der Waals surface area (Å²) in [7, 11) is 0.